The smallest absolute Gasteiger partial charge is 0.386 e. The predicted molar refractivity (Wildman–Crippen MR) is 30.0 cm³/mol. The van der Waals surface area contributed by atoms with Crippen LogP contribution in [-0.4, -0.2) is 12.7 Å². The summed E-state index contributed by atoms with van der Waals surface area (Å²) < 4.78 is 35.3. The van der Waals surface area contributed by atoms with Crippen LogP contribution in [0, 0.1) is 6.08 Å². The van der Waals surface area contributed by atoms with Crippen molar-refractivity contribution in [3.8, 4) is 0 Å². The summed E-state index contributed by atoms with van der Waals surface area (Å²) in [6.07, 6.45) is 0.407. The van der Waals surface area contributed by atoms with Crippen LogP contribution in [0.15, 0.2) is 17.8 Å². The molecule has 0 amide bonds. The molecule has 55 valence electrons. The van der Waals surface area contributed by atoms with Crippen molar-refractivity contribution >= 4 is 0 Å². The minimum absolute atomic E-state index is 0.156. The first-order chi connectivity index (χ1) is 4.61. The van der Waals surface area contributed by atoms with Crippen molar-refractivity contribution in [1.29, 1.82) is 0 Å². The van der Waals surface area contributed by atoms with Gasteiger partial charge in [0, 0.05) is 12.7 Å². The van der Waals surface area contributed by atoms with Gasteiger partial charge in [-0.2, -0.15) is 13.2 Å². The van der Waals surface area contributed by atoms with E-state index in [0.717, 1.165) is 6.08 Å². The summed E-state index contributed by atoms with van der Waals surface area (Å²) in [6, 6.07) is 0. The third kappa shape index (κ3) is 1.52. The molecule has 0 aromatic rings. The van der Waals surface area contributed by atoms with E-state index in [-0.39, 0.29) is 6.54 Å². The Kier molecular flexibility index (Phi) is 1.70. The molecule has 1 nitrogen and oxygen atoms in total. The number of rotatable bonds is 0. The molecule has 0 fully saturated rings. The van der Waals surface area contributed by atoms with E-state index in [9.17, 15) is 13.2 Å². The van der Waals surface area contributed by atoms with Gasteiger partial charge in [-0.25, -0.2) is 0 Å². The summed E-state index contributed by atoms with van der Waals surface area (Å²) >= 11 is 0. The van der Waals surface area contributed by atoms with Crippen molar-refractivity contribution in [2.75, 3.05) is 6.54 Å². The normalized spacial score (nSPS) is 18.1. The van der Waals surface area contributed by atoms with Gasteiger partial charge >= 0.3 is 6.18 Å². The van der Waals surface area contributed by atoms with Gasteiger partial charge in [-0.3, -0.25) is 0 Å². The average Bonchev–Trinajstić information content (AvgIpc) is 1.88. The lowest BCUT2D eigenvalue weighted by Crippen LogP contribution is -2.23. The summed E-state index contributed by atoms with van der Waals surface area (Å²) in [4.78, 5) is 0. The highest BCUT2D eigenvalue weighted by molar-refractivity contribution is 5.18. The molecule has 0 atom stereocenters. The Bertz CT molecular complexity index is 178. The fraction of sp³-hybridized carbons (Fsp3) is 0.333. The predicted octanol–water partition coefficient (Wildman–Crippen LogP) is 1.40. The van der Waals surface area contributed by atoms with Gasteiger partial charge in [0.25, 0.3) is 0 Å². The van der Waals surface area contributed by atoms with Crippen molar-refractivity contribution in [2.45, 2.75) is 6.18 Å². The Hall–Kier alpha value is -0.930. The second-order valence-corrected chi connectivity index (χ2v) is 1.86. The highest BCUT2D eigenvalue weighted by atomic mass is 19.4. The lowest BCUT2D eigenvalue weighted by atomic mass is 10.2. The number of alkyl halides is 3. The lowest BCUT2D eigenvalue weighted by Gasteiger charge is -2.12. The molecule has 1 radical (unpaired) electrons. The molecule has 1 rings (SSSR count). The maximum Gasteiger partial charge on any atom is 0.414 e. The molecule has 0 bridgehead atoms. The fourth-order valence-electron chi connectivity index (χ4n) is 0.595. The van der Waals surface area contributed by atoms with Gasteiger partial charge < -0.3 is 5.32 Å². The molecule has 0 aliphatic carbocycles. The number of hydrogen-bond donors (Lipinski definition) is 1. The van der Waals surface area contributed by atoms with E-state index in [2.05, 4.69) is 11.4 Å². The number of nitrogens with one attached hydrogen (secondary N) is 1. The minimum Gasteiger partial charge on any atom is -0.386 e. The molecule has 0 saturated heterocycles. The molecule has 1 N–H and O–H groups in total. The molecular weight excluding hydrogens is 143 g/mol. The summed E-state index contributed by atoms with van der Waals surface area (Å²) in [5, 5.41) is 2.42. The van der Waals surface area contributed by atoms with Gasteiger partial charge in [-0.15, -0.1) is 0 Å². The Balaban J connectivity index is 2.72. The highest BCUT2D eigenvalue weighted by Gasteiger charge is 2.32. The van der Waals surface area contributed by atoms with Gasteiger partial charge in [-0.1, -0.05) is 0 Å². The van der Waals surface area contributed by atoms with Crippen molar-refractivity contribution < 1.29 is 13.2 Å². The van der Waals surface area contributed by atoms with Crippen LogP contribution in [0.3, 0.4) is 0 Å². The Morgan fingerprint density at radius 1 is 1.50 bits per heavy atom. The molecule has 1 heterocycles. The molecule has 10 heavy (non-hydrogen) atoms. The number of dihydropyridines is 1. The zero-order valence-corrected chi connectivity index (χ0v) is 5.00. The van der Waals surface area contributed by atoms with E-state index in [0.29, 0.717) is 0 Å². The van der Waals surface area contributed by atoms with Gasteiger partial charge in [0.1, 0.15) is 0 Å². The van der Waals surface area contributed by atoms with Crippen molar-refractivity contribution in [3.63, 3.8) is 0 Å². The van der Waals surface area contributed by atoms with Crippen LogP contribution >= 0.6 is 0 Å². The van der Waals surface area contributed by atoms with Crippen LogP contribution in [0.4, 0.5) is 13.2 Å². The van der Waals surface area contributed by atoms with Crippen molar-refractivity contribution in [1.82, 2.24) is 5.32 Å². The quantitative estimate of drug-likeness (QED) is 0.547. The molecule has 0 aromatic carbocycles. The number of hydrogen-bond acceptors (Lipinski definition) is 1. The molecule has 0 aromatic heterocycles. The van der Waals surface area contributed by atoms with E-state index in [1.165, 1.54) is 6.20 Å². The van der Waals surface area contributed by atoms with Crippen molar-refractivity contribution in [2.24, 2.45) is 0 Å². The Morgan fingerprint density at radius 3 is 2.50 bits per heavy atom. The van der Waals surface area contributed by atoms with Gasteiger partial charge in [0.05, 0.1) is 5.57 Å². The van der Waals surface area contributed by atoms with Crippen LogP contribution in [0.1, 0.15) is 0 Å². The SMILES string of the molecule is FC(F)(F)C1=C[C]=CNC1. The standard InChI is InChI=1S/C6H5F3N/c7-6(8,9)5-2-1-3-10-4-5/h2-3,10H,4H2. The van der Waals surface area contributed by atoms with Crippen LogP contribution in [0.5, 0.6) is 0 Å². The summed E-state index contributed by atoms with van der Waals surface area (Å²) in [6.45, 7) is -0.156. The van der Waals surface area contributed by atoms with E-state index in [4.69, 9.17) is 0 Å². The minimum atomic E-state index is -4.21. The second kappa shape index (κ2) is 2.36. The zero-order valence-electron chi connectivity index (χ0n) is 5.00. The second-order valence-electron chi connectivity index (χ2n) is 1.86. The summed E-state index contributed by atoms with van der Waals surface area (Å²) in [7, 11) is 0. The van der Waals surface area contributed by atoms with E-state index in [1.54, 1.807) is 0 Å². The van der Waals surface area contributed by atoms with Crippen LogP contribution in [-0.2, 0) is 0 Å². The molecule has 1 aliphatic rings. The summed E-state index contributed by atoms with van der Waals surface area (Å²) in [5.41, 5.74) is -0.588. The molecule has 0 spiro atoms. The first kappa shape index (κ1) is 7.18. The fourth-order valence-corrected chi connectivity index (χ4v) is 0.595. The average molecular weight is 148 g/mol. The molecular formula is C6H5F3N. The largest absolute Gasteiger partial charge is 0.414 e. The highest BCUT2D eigenvalue weighted by Crippen LogP contribution is 2.25. The first-order valence-electron chi connectivity index (χ1n) is 2.68. The molecule has 0 saturated carbocycles. The summed E-state index contributed by atoms with van der Waals surface area (Å²) in [5.74, 6) is 0. The van der Waals surface area contributed by atoms with Gasteiger partial charge in [0.2, 0.25) is 0 Å². The van der Waals surface area contributed by atoms with Crippen LogP contribution in [0.25, 0.3) is 0 Å². The lowest BCUT2D eigenvalue weighted by molar-refractivity contribution is -0.0928. The Labute approximate surface area is 56.2 Å². The third-order valence-corrected chi connectivity index (χ3v) is 1.10. The molecule has 4 heteroatoms. The number of halogens is 3. The van der Waals surface area contributed by atoms with E-state index in [1.807, 2.05) is 0 Å². The topological polar surface area (TPSA) is 12.0 Å². The molecule has 1 aliphatic heterocycles. The maximum atomic E-state index is 11.8. The van der Waals surface area contributed by atoms with E-state index >= 15 is 0 Å². The first-order valence-corrected chi connectivity index (χ1v) is 2.68. The van der Waals surface area contributed by atoms with Crippen LogP contribution in [0.2, 0.25) is 0 Å². The van der Waals surface area contributed by atoms with E-state index < -0.39 is 11.7 Å². The Morgan fingerprint density at radius 2 is 2.20 bits per heavy atom. The maximum absolute atomic E-state index is 11.8. The van der Waals surface area contributed by atoms with Gasteiger partial charge in [0.15, 0.2) is 0 Å². The van der Waals surface area contributed by atoms with Crippen LogP contribution < -0.4 is 5.32 Å². The third-order valence-electron chi connectivity index (χ3n) is 1.10. The van der Waals surface area contributed by atoms with Crippen molar-refractivity contribution in [3.05, 3.63) is 23.9 Å². The zero-order chi connectivity index (χ0) is 7.61. The molecule has 0 unspecified atom stereocenters. The monoisotopic (exact) mass is 148 g/mol. The van der Waals surface area contributed by atoms with Gasteiger partial charge in [-0.05, 0) is 12.2 Å². The number of allylic oxidation sites excluding steroid dienone is 2.